The molecule has 0 spiro atoms. The second kappa shape index (κ2) is 7.42. The molecule has 0 aliphatic heterocycles. The number of hydrogen-bond acceptors (Lipinski definition) is 6. The van der Waals surface area contributed by atoms with E-state index in [9.17, 15) is 23.3 Å². The van der Waals surface area contributed by atoms with Gasteiger partial charge in [0.1, 0.15) is 0 Å². The zero-order valence-corrected chi connectivity index (χ0v) is 17.8. The Morgan fingerprint density at radius 3 is 2.50 bits per heavy atom. The standard InChI is InChI=1S/C19H18N4O5S2/c1-21-16-10-7-14(23(25)26)11-17(16)29-19(21)20-18(24)12-3-8-15(9-4-12)30(27,28)22(2)13-5-6-13/h3-4,7-11,13H,5-6H2,1-2H3. The average Bonchev–Trinajstić information content (AvgIpc) is 3.52. The number of carbonyl (C=O) groups is 1. The molecule has 1 aliphatic rings. The fourth-order valence-corrected chi connectivity index (χ4v) is 5.53. The maximum Gasteiger partial charge on any atom is 0.279 e. The van der Waals surface area contributed by atoms with Crippen LogP contribution in [0.3, 0.4) is 0 Å². The van der Waals surface area contributed by atoms with E-state index in [-0.39, 0.29) is 22.2 Å². The largest absolute Gasteiger partial charge is 0.319 e. The molecule has 1 aromatic heterocycles. The Hall–Kier alpha value is -2.89. The number of hydrogen-bond donors (Lipinski definition) is 0. The molecule has 9 nitrogen and oxygen atoms in total. The lowest BCUT2D eigenvalue weighted by atomic mass is 10.2. The van der Waals surface area contributed by atoms with E-state index in [4.69, 9.17) is 0 Å². The number of sulfonamides is 1. The zero-order valence-electron chi connectivity index (χ0n) is 16.2. The van der Waals surface area contributed by atoms with Crippen LogP contribution in [-0.2, 0) is 17.1 Å². The lowest BCUT2D eigenvalue weighted by Gasteiger charge is -2.16. The van der Waals surface area contributed by atoms with Crippen LogP contribution in [0.15, 0.2) is 52.4 Å². The van der Waals surface area contributed by atoms with Crippen LogP contribution in [0.2, 0.25) is 0 Å². The van der Waals surface area contributed by atoms with Crippen molar-refractivity contribution in [1.29, 1.82) is 0 Å². The summed E-state index contributed by atoms with van der Waals surface area (Å²) in [7, 11) is -0.293. The number of benzene rings is 2. The number of carbonyl (C=O) groups excluding carboxylic acids is 1. The Morgan fingerprint density at radius 2 is 1.90 bits per heavy atom. The van der Waals surface area contributed by atoms with E-state index in [1.54, 1.807) is 24.7 Å². The first-order chi connectivity index (χ1) is 14.2. The predicted molar refractivity (Wildman–Crippen MR) is 112 cm³/mol. The maximum absolute atomic E-state index is 12.6. The highest BCUT2D eigenvalue weighted by Crippen LogP contribution is 2.30. The Labute approximate surface area is 176 Å². The molecular weight excluding hydrogens is 428 g/mol. The van der Waals surface area contributed by atoms with Gasteiger partial charge in [0.05, 0.1) is 20.0 Å². The smallest absolute Gasteiger partial charge is 0.279 e. The maximum atomic E-state index is 12.6. The molecule has 156 valence electrons. The molecule has 30 heavy (non-hydrogen) atoms. The summed E-state index contributed by atoms with van der Waals surface area (Å²) in [6.07, 6.45) is 1.72. The quantitative estimate of drug-likeness (QED) is 0.441. The van der Waals surface area contributed by atoms with Crippen molar-refractivity contribution in [2.24, 2.45) is 12.0 Å². The first-order valence-corrected chi connectivity index (χ1v) is 11.4. The van der Waals surface area contributed by atoms with Crippen molar-refractivity contribution >= 4 is 43.2 Å². The topological polar surface area (TPSA) is 115 Å². The van der Waals surface area contributed by atoms with E-state index < -0.39 is 20.9 Å². The molecule has 1 aliphatic carbocycles. The van der Waals surface area contributed by atoms with Gasteiger partial charge in [0.15, 0.2) is 4.80 Å². The monoisotopic (exact) mass is 446 g/mol. The molecule has 4 rings (SSSR count). The van der Waals surface area contributed by atoms with Crippen LogP contribution in [-0.4, -0.2) is 41.2 Å². The van der Waals surface area contributed by atoms with Crippen molar-refractivity contribution in [1.82, 2.24) is 8.87 Å². The third kappa shape index (κ3) is 3.66. The molecule has 0 N–H and O–H groups in total. The van der Waals surface area contributed by atoms with E-state index >= 15 is 0 Å². The summed E-state index contributed by atoms with van der Waals surface area (Å²) >= 11 is 1.17. The van der Waals surface area contributed by atoms with Crippen LogP contribution in [0.25, 0.3) is 10.2 Å². The number of rotatable bonds is 5. The molecule has 0 unspecified atom stereocenters. The van der Waals surface area contributed by atoms with Gasteiger partial charge in [0.25, 0.3) is 11.6 Å². The highest BCUT2D eigenvalue weighted by Gasteiger charge is 2.35. The molecular formula is C19H18N4O5S2. The van der Waals surface area contributed by atoms with Gasteiger partial charge in [-0.2, -0.15) is 9.30 Å². The minimum atomic E-state index is -3.58. The summed E-state index contributed by atoms with van der Waals surface area (Å²) in [6, 6.07) is 10.2. The van der Waals surface area contributed by atoms with Crippen molar-refractivity contribution in [3.8, 4) is 0 Å². The predicted octanol–water partition coefficient (Wildman–Crippen LogP) is 2.67. The molecule has 1 heterocycles. The molecule has 0 saturated heterocycles. The van der Waals surface area contributed by atoms with Crippen molar-refractivity contribution in [2.75, 3.05) is 7.05 Å². The third-order valence-corrected chi connectivity index (χ3v) is 8.06. The Bertz CT molecular complexity index is 1340. The number of aryl methyl sites for hydroxylation is 1. The highest BCUT2D eigenvalue weighted by atomic mass is 32.2. The number of nitro groups is 1. The van der Waals surface area contributed by atoms with Gasteiger partial charge in [0.2, 0.25) is 10.0 Å². The summed E-state index contributed by atoms with van der Waals surface area (Å²) in [5.74, 6) is -0.522. The highest BCUT2D eigenvalue weighted by molar-refractivity contribution is 7.89. The fourth-order valence-electron chi connectivity index (χ4n) is 3.06. The van der Waals surface area contributed by atoms with Crippen molar-refractivity contribution < 1.29 is 18.1 Å². The number of nitro benzene ring substituents is 1. The van der Waals surface area contributed by atoms with Crippen LogP contribution in [0.1, 0.15) is 23.2 Å². The minimum absolute atomic E-state index is 0.0322. The molecule has 1 fully saturated rings. The number of aromatic nitrogens is 1. The van der Waals surface area contributed by atoms with Crippen LogP contribution < -0.4 is 4.80 Å². The number of amides is 1. The van der Waals surface area contributed by atoms with Crippen LogP contribution in [0, 0.1) is 10.1 Å². The number of fused-ring (bicyclic) bond motifs is 1. The lowest BCUT2D eigenvalue weighted by molar-refractivity contribution is -0.384. The van der Waals surface area contributed by atoms with Gasteiger partial charge in [-0.1, -0.05) is 11.3 Å². The first-order valence-electron chi connectivity index (χ1n) is 9.09. The second-order valence-electron chi connectivity index (χ2n) is 7.05. The first kappa shape index (κ1) is 20.4. The summed E-state index contributed by atoms with van der Waals surface area (Å²) in [4.78, 5) is 27.7. The summed E-state index contributed by atoms with van der Waals surface area (Å²) in [5, 5.41) is 11.0. The lowest BCUT2D eigenvalue weighted by Crippen LogP contribution is -2.28. The van der Waals surface area contributed by atoms with Crippen molar-refractivity contribution in [3.63, 3.8) is 0 Å². The molecule has 3 aromatic rings. The minimum Gasteiger partial charge on any atom is -0.319 e. The molecule has 1 amide bonds. The number of non-ortho nitro benzene ring substituents is 1. The zero-order chi connectivity index (χ0) is 21.6. The van der Waals surface area contributed by atoms with Crippen LogP contribution in [0.5, 0.6) is 0 Å². The van der Waals surface area contributed by atoms with Gasteiger partial charge < -0.3 is 4.57 Å². The van der Waals surface area contributed by atoms with Crippen molar-refractivity contribution in [2.45, 2.75) is 23.8 Å². The average molecular weight is 447 g/mol. The molecule has 1 saturated carbocycles. The van der Waals surface area contributed by atoms with E-state index in [0.717, 1.165) is 18.4 Å². The Morgan fingerprint density at radius 1 is 1.23 bits per heavy atom. The second-order valence-corrected chi connectivity index (χ2v) is 10.1. The molecule has 0 atom stereocenters. The summed E-state index contributed by atoms with van der Waals surface area (Å²) < 4.78 is 28.8. The Kier molecular flexibility index (Phi) is 5.04. The van der Waals surface area contributed by atoms with Gasteiger partial charge in [-0.3, -0.25) is 14.9 Å². The van der Waals surface area contributed by atoms with E-state index in [0.29, 0.717) is 9.50 Å². The fraction of sp³-hybridized carbons (Fsp3) is 0.263. The molecule has 11 heteroatoms. The van der Waals surface area contributed by atoms with Crippen LogP contribution >= 0.6 is 11.3 Å². The molecule has 0 radical (unpaired) electrons. The molecule has 2 aromatic carbocycles. The summed E-state index contributed by atoms with van der Waals surface area (Å²) in [5.41, 5.74) is 0.948. The summed E-state index contributed by atoms with van der Waals surface area (Å²) in [6.45, 7) is 0. The van der Waals surface area contributed by atoms with Gasteiger partial charge in [-0.05, 0) is 43.2 Å². The van der Waals surface area contributed by atoms with Crippen LogP contribution in [0.4, 0.5) is 5.69 Å². The van der Waals surface area contributed by atoms with Gasteiger partial charge in [-0.25, -0.2) is 8.42 Å². The van der Waals surface area contributed by atoms with E-state index in [1.165, 1.54) is 52.0 Å². The number of nitrogens with zero attached hydrogens (tertiary/aromatic N) is 4. The third-order valence-electron chi connectivity index (χ3n) is 5.04. The van der Waals surface area contributed by atoms with E-state index in [2.05, 4.69) is 4.99 Å². The Balaban J connectivity index is 1.64. The van der Waals surface area contributed by atoms with Gasteiger partial charge >= 0.3 is 0 Å². The SMILES string of the molecule is CN(C1CC1)S(=O)(=O)c1ccc(C(=O)N=c2sc3cc([N+](=O)[O-])ccc3n2C)cc1. The molecule has 0 bridgehead atoms. The van der Waals surface area contributed by atoms with Gasteiger partial charge in [0, 0.05) is 37.8 Å². The normalized spacial score (nSPS) is 15.1. The van der Waals surface area contributed by atoms with Crippen molar-refractivity contribution in [3.05, 3.63) is 62.9 Å². The van der Waals surface area contributed by atoms with E-state index in [1.807, 2.05) is 0 Å². The number of thiazole rings is 1. The van der Waals surface area contributed by atoms with Gasteiger partial charge in [-0.15, -0.1) is 0 Å².